The summed E-state index contributed by atoms with van der Waals surface area (Å²) in [5.41, 5.74) is 1.99. The summed E-state index contributed by atoms with van der Waals surface area (Å²) >= 11 is 0. The molecule has 4 rings (SSSR count). The molecule has 0 bridgehead atoms. The van der Waals surface area contributed by atoms with E-state index >= 15 is 0 Å². The van der Waals surface area contributed by atoms with Crippen LogP contribution in [0.1, 0.15) is 43.7 Å². The van der Waals surface area contributed by atoms with Gasteiger partial charge in [0.2, 0.25) is 0 Å². The van der Waals surface area contributed by atoms with Gasteiger partial charge < -0.3 is 19.1 Å². The Kier molecular flexibility index (Phi) is 7.20. The third-order valence-electron chi connectivity index (χ3n) is 6.90. The van der Waals surface area contributed by atoms with Gasteiger partial charge >= 0.3 is 6.03 Å². The third-order valence-corrected chi connectivity index (χ3v) is 6.90. The van der Waals surface area contributed by atoms with Gasteiger partial charge in [-0.05, 0) is 55.2 Å². The molecule has 2 aromatic carbocycles. The zero-order valence-corrected chi connectivity index (χ0v) is 19.7. The smallest absolute Gasteiger partial charge is 0.324 e. The minimum absolute atomic E-state index is 0.0245. The van der Waals surface area contributed by atoms with Crippen molar-refractivity contribution in [3.63, 3.8) is 0 Å². The van der Waals surface area contributed by atoms with E-state index in [9.17, 15) is 9.18 Å². The molecule has 0 N–H and O–H groups in total. The Morgan fingerprint density at radius 3 is 2.58 bits per heavy atom. The Bertz CT molecular complexity index is 959. The average Bonchev–Trinajstić information content (AvgIpc) is 3.28. The lowest BCUT2D eigenvalue weighted by atomic mass is 9.86. The van der Waals surface area contributed by atoms with Crippen LogP contribution >= 0.6 is 0 Å². The van der Waals surface area contributed by atoms with E-state index in [0.29, 0.717) is 38.4 Å². The summed E-state index contributed by atoms with van der Waals surface area (Å²) in [7, 11) is 3.46. The largest absolute Gasteiger partial charge is 0.489 e. The summed E-state index contributed by atoms with van der Waals surface area (Å²) in [4.78, 5) is 16.4. The molecule has 2 aromatic rings. The van der Waals surface area contributed by atoms with Crippen LogP contribution in [0.25, 0.3) is 0 Å². The van der Waals surface area contributed by atoms with E-state index in [1.165, 1.54) is 12.1 Å². The summed E-state index contributed by atoms with van der Waals surface area (Å²) in [5.74, 6) is 0.115. The van der Waals surface area contributed by atoms with Gasteiger partial charge in [-0.2, -0.15) is 0 Å². The third kappa shape index (κ3) is 5.14. The highest BCUT2D eigenvalue weighted by molar-refractivity contribution is 5.91. The normalized spacial score (nSPS) is 20.0. The van der Waals surface area contributed by atoms with Crippen molar-refractivity contribution >= 4 is 11.7 Å². The van der Waals surface area contributed by atoms with Crippen molar-refractivity contribution in [2.24, 2.45) is 0 Å². The number of likely N-dealkylation sites (tertiary alicyclic amines) is 1. The Balaban J connectivity index is 1.41. The monoisotopic (exact) mass is 456 g/mol. The van der Waals surface area contributed by atoms with E-state index in [1.54, 1.807) is 19.1 Å². The maximum Gasteiger partial charge on any atom is 0.324 e. The van der Waals surface area contributed by atoms with E-state index < -0.39 is 5.60 Å². The average molecular weight is 457 g/mol. The number of nitrogens with zero attached hydrogens (tertiary/aromatic N) is 2. The number of anilines is 1. The fourth-order valence-corrected chi connectivity index (χ4v) is 4.72. The van der Waals surface area contributed by atoms with E-state index in [-0.39, 0.29) is 17.9 Å². The number of halogens is 1. The lowest BCUT2D eigenvalue weighted by molar-refractivity contribution is -0.0950. The molecule has 2 aliphatic rings. The van der Waals surface area contributed by atoms with Crippen molar-refractivity contribution < 1.29 is 23.4 Å². The molecular weight excluding hydrogens is 423 g/mol. The second-order valence-corrected chi connectivity index (χ2v) is 8.97. The first-order chi connectivity index (χ1) is 15.9. The first kappa shape index (κ1) is 23.5. The number of carbonyl (C=O) groups excluding carboxylic acids is 1. The topological polar surface area (TPSA) is 51.2 Å². The second-order valence-electron chi connectivity index (χ2n) is 8.97. The van der Waals surface area contributed by atoms with Gasteiger partial charge in [0.05, 0.1) is 5.60 Å². The molecule has 1 atom stereocenters. The van der Waals surface area contributed by atoms with Crippen LogP contribution in [-0.4, -0.2) is 50.9 Å². The standard InChI is InChI=1S/C26H33FN2O4/c1-19-5-4-12-29(19)25(30)28(2)23-8-6-20(7-9-23)18-33-24-16-21(15-22(27)17-24)26(31-3)10-13-32-14-11-26/h6-9,15-17,19H,4-5,10-14,18H2,1-3H3. The Morgan fingerprint density at radius 1 is 1.21 bits per heavy atom. The lowest BCUT2D eigenvalue weighted by Gasteiger charge is -2.36. The van der Waals surface area contributed by atoms with Gasteiger partial charge in [-0.15, -0.1) is 0 Å². The van der Waals surface area contributed by atoms with E-state index in [2.05, 4.69) is 6.92 Å². The number of ether oxygens (including phenoxy) is 3. The van der Waals surface area contributed by atoms with Crippen LogP contribution in [0.15, 0.2) is 42.5 Å². The molecule has 7 heteroatoms. The molecule has 6 nitrogen and oxygen atoms in total. The molecule has 2 saturated heterocycles. The first-order valence-corrected chi connectivity index (χ1v) is 11.6. The summed E-state index contributed by atoms with van der Waals surface area (Å²) < 4.78 is 31.6. The quantitative estimate of drug-likeness (QED) is 0.607. The zero-order chi connectivity index (χ0) is 23.4. The van der Waals surface area contributed by atoms with Crippen LogP contribution < -0.4 is 9.64 Å². The fraction of sp³-hybridized carbons (Fsp3) is 0.500. The predicted molar refractivity (Wildman–Crippen MR) is 125 cm³/mol. The minimum Gasteiger partial charge on any atom is -0.489 e. The fourth-order valence-electron chi connectivity index (χ4n) is 4.72. The molecular formula is C26H33FN2O4. The van der Waals surface area contributed by atoms with Crippen molar-refractivity contribution in [3.05, 3.63) is 59.4 Å². The van der Waals surface area contributed by atoms with Crippen LogP contribution in [-0.2, 0) is 21.7 Å². The molecule has 0 aromatic heterocycles. The summed E-state index contributed by atoms with van der Waals surface area (Å²) in [6, 6.07) is 12.8. The van der Waals surface area contributed by atoms with Crippen molar-refractivity contribution in [1.29, 1.82) is 0 Å². The summed E-state index contributed by atoms with van der Waals surface area (Å²) in [5, 5.41) is 0. The molecule has 2 fully saturated rings. The molecule has 2 heterocycles. The molecule has 0 saturated carbocycles. The summed E-state index contributed by atoms with van der Waals surface area (Å²) in [6.07, 6.45) is 3.46. The highest BCUT2D eigenvalue weighted by Gasteiger charge is 2.35. The SMILES string of the molecule is COC1(c2cc(F)cc(OCc3ccc(N(C)C(=O)N4CCCC4C)cc3)c2)CCOCC1. The number of hydrogen-bond donors (Lipinski definition) is 0. The Morgan fingerprint density at radius 2 is 1.94 bits per heavy atom. The molecule has 0 spiro atoms. The molecule has 2 aliphatic heterocycles. The number of methoxy groups -OCH3 is 1. The number of amides is 2. The van der Waals surface area contributed by atoms with Gasteiger partial charge in [0.1, 0.15) is 18.2 Å². The molecule has 178 valence electrons. The maximum atomic E-state index is 14.4. The first-order valence-electron chi connectivity index (χ1n) is 11.6. The Labute approximate surface area is 195 Å². The lowest BCUT2D eigenvalue weighted by Crippen LogP contribution is -2.42. The molecule has 2 amide bonds. The van der Waals surface area contributed by atoms with Gasteiger partial charge in [0, 0.05) is 64.6 Å². The Hall–Kier alpha value is -2.64. The van der Waals surface area contributed by atoms with Crippen LogP contribution in [0.2, 0.25) is 0 Å². The van der Waals surface area contributed by atoms with Gasteiger partial charge in [-0.25, -0.2) is 9.18 Å². The minimum atomic E-state index is -0.552. The molecule has 0 aliphatic carbocycles. The van der Waals surface area contributed by atoms with Crippen molar-refractivity contribution in [2.45, 2.75) is 50.9 Å². The summed E-state index contributed by atoms with van der Waals surface area (Å²) in [6.45, 7) is 4.37. The van der Waals surface area contributed by atoms with Gasteiger partial charge in [0.15, 0.2) is 0 Å². The zero-order valence-electron chi connectivity index (χ0n) is 19.7. The number of urea groups is 1. The van der Waals surface area contributed by atoms with Crippen LogP contribution in [0.4, 0.5) is 14.9 Å². The predicted octanol–water partition coefficient (Wildman–Crippen LogP) is 5.10. The highest BCUT2D eigenvalue weighted by atomic mass is 19.1. The van der Waals surface area contributed by atoms with Crippen LogP contribution in [0.5, 0.6) is 5.75 Å². The maximum absolute atomic E-state index is 14.4. The molecule has 1 unspecified atom stereocenters. The molecule has 33 heavy (non-hydrogen) atoms. The van der Waals surface area contributed by atoms with Gasteiger partial charge in [0.25, 0.3) is 0 Å². The number of benzene rings is 2. The van der Waals surface area contributed by atoms with Crippen molar-refractivity contribution in [1.82, 2.24) is 4.90 Å². The second kappa shape index (κ2) is 10.1. The van der Waals surface area contributed by atoms with Crippen LogP contribution in [0.3, 0.4) is 0 Å². The van der Waals surface area contributed by atoms with E-state index in [0.717, 1.165) is 36.2 Å². The van der Waals surface area contributed by atoms with E-state index in [4.69, 9.17) is 14.2 Å². The van der Waals surface area contributed by atoms with Crippen LogP contribution in [0, 0.1) is 5.82 Å². The van der Waals surface area contributed by atoms with Gasteiger partial charge in [-0.1, -0.05) is 12.1 Å². The number of rotatable bonds is 6. The van der Waals surface area contributed by atoms with Crippen molar-refractivity contribution in [2.75, 3.05) is 38.8 Å². The van der Waals surface area contributed by atoms with E-state index in [1.807, 2.05) is 35.2 Å². The number of hydrogen-bond acceptors (Lipinski definition) is 4. The number of carbonyl (C=O) groups is 1. The van der Waals surface area contributed by atoms with Gasteiger partial charge in [-0.3, -0.25) is 4.90 Å². The van der Waals surface area contributed by atoms with Crippen molar-refractivity contribution in [3.8, 4) is 5.75 Å². The highest BCUT2D eigenvalue weighted by Crippen LogP contribution is 2.37. The molecule has 0 radical (unpaired) electrons.